The van der Waals surface area contributed by atoms with Crippen LogP contribution in [0.15, 0.2) is 38.7 Å². The minimum atomic E-state index is -0.114. The van der Waals surface area contributed by atoms with Gasteiger partial charge in [0.25, 0.3) is 0 Å². The van der Waals surface area contributed by atoms with Gasteiger partial charge < -0.3 is 5.73 Å². The molecule has 0 amide bonds. The summed E-state index contributed by atoms with van der Waals surface area (Å²) in [5.74, 6) is 1.34. The molecule has 3 nitrogen and oxygen atoms in total. The topological polar surface area (TPSA) is 51.8 Å². The highest BCUT2D eigenvalue weighted by atomic mass is 79.9. The van der Waals surface area contributed by atoms with Crippen LogP contribution in [0.4, 0.5) is 5.82 Å². The first-order valence-electron chi connectivity index (χ1n) is 6.35. The predicted molar refractivity (Wildman–Crippen MR) is 88.1 cm³/mol. The molecule has 1 aromatic carbocycles. The molecule has 2 N–H and O–H groups in total. The van der Waals surface area contributed by atoms with Crippen LogP contribution in [0.5, 0.6) is 0 Å². The zero-order valence-corrected chi connectivity index (χ0v) is 14.5. The highest BCUT2D eigenvalue weighted by Gasteiger charge is 2.20. The minimum absolute atomic E-state index is 0.114. The van der Waals surface area contributed by atoms with Crippen LogP contribution in [0.25, 0.3) is 0 Å². The van der Waals surface area contributed by atoms with Crippen LogP contribution in [0.2, 0.25) is 0 Å². The second kappa shape index (κ2) is 5.74. The van der Waals surface area contributed by atoms with Crippen molar-refractivity contribution in [3.63, 3.8) is 0 Å². The number of rotatable bonds is 2. The Morgan fingerprint density at radius 3 is 2.25 bits per heavy atom. The van der Waals surface area contributed by atoms with Crippen molar-refractivity contribution in [1.29, 1.82) is 0 Å². The Bertz CT molecular complexity index is 618. The fourth-order valence-electron chi connectivity index (χ4n) is 1.56. The molecule has 0 saturated heterocycles. The third kappa shape index (κ3) is 3.52. The number of hydrogen-bond donors (Lipinski definition) is 1. The smallest absolute Gasteiger partial charge is 0.137 e. The van der Waals surface area contributed by atoms with E-state index in [0.717, 1.165) is 25.8 Å². The SMILES string of the molecule is Cc1c(N)nc(C(C)(C)C)nc1Sc1ccc(Br)cc1. The molecule has 0 radical (unpaired) electrons. The van der Waals surface area contributed by atoms with Crippen LogP contribution in [0.1, 0.15) is 32.2 Å². The second-order valence-corrected chi connectivity index (χ2v) is 7.65. The first-order chi connectivity index (χ1) is 9.27. The summed E-state index contributed by atoms with van der Waals surface area (Å²) >= 11 is 5.06. The summed E-state index contributed by atoms with van der Waals surface area (Å²) in [5.41, 5.74) is 6.85. The van der Waals surface area contributed by atoms with Crippen molar-refractivity contribution in [3.05, 3.63) is 40.1 Å². The molecule has 2 rings (SSSR count). The lowest BCUT2D eigenvalue weighted by atomic mass is 9.95. The first-order valence-corrected chi connectivity index (χ1v) is 7.96. The van der Waals surface area contributed by atoms with E-state index < -0.39 is 0 Å². The summed E-state index contributed by atoms with van der Waals surface area (Å²) in [4.78, 5) is 10.2. The van der Waals surface area contributed by atoms with Gasteiger partial charge in [0.2, 0.25) is 0 Å². The maximum absolute atomic E-state index is 6.02. The zero-order valence-electron chi connectivity index (χ0n) is 12.1. The second-order valence-electron chi connectivity index (χ2n) is 5.67. The van der Waals surface area contributed by atoms with Gasteiger partial charge in [-0.05, 0) is 31.2 Å². The normalized spacial score (nSPS) is 11.7. The van der Waals surface area contributed by atoms with Crippen molar-refractivity contribution in [3.8, 4) is 0 Å². The Morgan fingerprint density at radius 1 is 1.10 bits per heavy atom. The van der Waals surface area contributed by atoms with E-state index in [0.29, 0.717) is 5.82 Å². The molecule has 106 valence electrons. The molecular weight excluding hydrogens is 334 g/mol. The van der Waals surface area contributed by atoms with Crippen LogP contribution in [0.3, 0.4) is 0 Å². The monoisotopic (exact) mass is 351 g/mol. The van der Waals surface area contributed by atoms with Crippen LogP contribution >= 0.6 is 27.7 Å². The van der Waals surface area contributed by atoms with Gasteiger partial charge in [0, 0.05) is 20.3 Å². The molecule has 0 aliphatic heterocycles. The van der Waals surface area contributed by atoms with Crippen molar-refractivity contribution in [2.24, 2.45) is 0 Å². The van der Waals surface area contributed by atoms with E-state index in [-0.39, 0.29) is 5.41 Å². The third-order valence-corrected chi connectivity index (χ3v) is 4.47. The number of halogens is 1. The lowest BCUT2D eigenvalue weighted by Gasteiger charge is -2.19. The summed E-state index contributed by atoms with van der Waals surface area (Å²) in [5, 5.41) is 0.921. The number of nitrogens with zero attached hydrogens (tertiary/aromatic N) is 2. The van der Waals surface area contributed by atoms with E-state index in [9.17, 15) is 0 Å². The van der Waals surface area contributed by atoms with E-state index in [2.05, 4.69) is 58.8 Å². The quantitative estimate of drug-likeness (QED) is 0.804. The van der Waals surface area contributed by atoms with E-state index in [1.54, 1.807) is 11.8 Å². The maximum Gasteiger partial charge on any atom is 0.137 e. The largest absolute Gasteiger partial charge is 0.383 e. The van der Waals surface area contributed by atoms with Gasteiger partial charge in [0.1, 0.15) is 16.7 Å². The molecule has 0 spiro atoms. The Labute approximate surface area is 132 Å². The van der Waals surface area contributed by atoms with Gasteiger partial charge in [-0.2, -0.15) is 0 Å². The molecule has 20 heavy (non-hydrogen) atoms. The van der Waals surface area contributed by atoms with Gasteiger partial charge in [-0.25, -0.2) is 9.97 Å². The van der Waals surface area contributed by atoms with Crippen LogP contribution in [-0.4, -0.2) is 9.97 Å². The number of aromatic nitrogens is 2. The molecule has 0 bridgehead atoms. The molecule has 0 fully saturated rings. The van der Waals surface area contributed by atoms with Crippen molar-refractivity contribution in [2.75, 3.05) is 5.73 Å². The predicted octanol–water partition coefficient (Wildman–Crippen LogP) is 4.58. The van der Waals surface area contributed by atoms with E-state index >= 15 is 0 Å². The number of nitrogen functional groups attached to an aromatic ring is 1. The molecule has 0 atom stereocenters. The van der Waals surface area contributed by atoms with E-state index in [1.165, 1.54) is 0 Å². The highest BCUT2D eigenvalue weighted by molar-refractivity contribution is 9.10. The zero-order chi connectivity index (χ0) is 14.9. The Morgan fingerprint density at radius 2 is 1.70 bits per heavy atom. The minimum Gasteiger partial charge on any atom is -0.383 e. The summed E-state index contributed by atoms with van der Waals surface area (Å²) in [6.45, 7) is 8.23. The lowest BCUT2D eigenvalue weighted by Crippen LogP contribution is -2.18. The molecule has 0 saturated carbocycles. The molecule has 2 aromatic rings. The molecule has 1 heterocycles. The Kier molecular flexibility index (Phi) is 4.39. The van der Waals surface area contributed by atoms with Gasteiger partial charge in [0.15, 0.2) is 0 Å². The third-order valence-electron chi connectivity index (χ3n) is 2.84. The summed E-state index contributed by atoms with van der Waals surface area (Å²) in [6.07, 6.45) is 0. The first kappa shape index (κ1) is 15.3. The summed E-state index contributed by atoms with van der Waals surface area (Å²) in [6, 6.07) is 8.16. The van der Waals surface area contributed by atoms with Crippen LogP contribution in [0, 0.1) is 6.92 Å². The standard InChI is InChI=1S/C15H18BrN3S/c1-9-12(17)18-14(15(2,3)4)19-13(9)20-11-7-5-10(16)6-8-11/h5-8H,1-4H3,(H2,17,18,19). The Hall–Kier alpha value is -1.07. The van der Waals surface area contributed by atoms with Crippen LogP contribution < -0.4 is 5.73 Å². The highest BCUT2D eigenvalue weighted by Crippen LogP contribution is 2.33. The number of benzene rings is 1. The summed E-state index contributed by atoms with van der Waals surface area (Å²) < 4.78 is 1.07. The fraction of sp³-hybridized carbons (Fsp3) is 0.333. The van der Waals surface area contributed by atoms with Crippen molar-refractivity contribution in [2.45, 2.75) is 43.0 Å². The molecule has 0 unspecified atom stereocenters. The molecule has 0 aliphatic carbocycles. The average Bonchev–Trinajstić information content (AvgIpc) is 2.36. The Balaban J connectivity index is 2.40. The van der Waals surface area contributed by atoms with Gasteiger partial charge in [0.05, 0.1) is 0 Å². The average molecular weight is 352 g/mol. The van der Waals surface area contributed by atoms with Gasteiger partial charge in [-0.3, -0.25) is 0 Å². The van der Waals surface area contributed by atoms with Gasteiger partial charge in [-0.15, -0.1) is 0 Å². The lowest BCUT2D eigenvalue weighted by molar-refractivity contribution is 0.538. The van der Waals surface area contributed by atoms with E-state index in [1.807, 2.05) is 19.1 Å². The van der Waals surface area contributed by atoms with E-state index in [4.69, 9.17) is 5.73 Å². The number of anilines is 1. The molecule has 5 heteroatoms. The van der Waals surface area contributed by atoms with Crippen molar-refractivity contribution in [1.82, 2.24) is 9.97 Å². The summed E-state index contributed by atoms with van der Waals surface area (Å²) in [7, 11) is 0. The maximum atomic E-state index is 6.02. The van der Waals surface area contributed by atoms with Crippen LogP contribution in [-0.2, 0) is 5.41 Å². The van der Waals surface area contributed by atoms with Crippen molar-refractivity contribution < 1.29 is 0 Å². The fourth-order valence-corrected chi connectivity index (χ4v) is 2.71. The van der Waals surface area contributed by atoms with Gasteiger partial charge in [-0.1, -0.05) is 48.5 Å². The number of hydrogen-bond acceptors (Lipinski definition) is 4. The molecule has 1 aromatic heterocycles. The molecular formula is C15H18BrN3S. The number of nitrogens with two attached hydrogens (primary N) is 1. The van der Waals surface area contributed by atoms with Gasteiger partial charge >= 0.3 is 0 Å². The van der Waals surface area contributed by atoms with Crippen molar-refractivity contribution >= 4 is 33.5 Å². The molecule has 0 aliphatic rings.